The third kappa shape index (κ3) is 5.86. The Balaban J connectivity index is 2.05. The van der Waals surface area contributed by atoms with Crippen LogP contribution < -0.4 is 10.2 Å². The predicted octanol–water partition coefficient (Wildman–Crippen LogP) is 3.90. The number of carboxylic acid groups (broad SMARTS) is 2. The Kier molecular flexibility index (Phi) is 7.98. The lowest BCUT2D eigenvalue weighted by molar-refractivity contribution is -0.139. The maximum atomic E-state index is 13.1. The first-order chi connectivity index (χ1) is 15.9. The molecular formula is C23H22N4O5S. The minimum atomic E-state index is -1.25. The van der Waals surface area contributed by atoms with E-state index in [0.717, 1.165) is 4.90 Å². The average Bonchev–Trinajstić information content (AvgIpc) is 2.82. The number of carbonyl (C=O) groups is 3. The molecule has 9 nitrogen and oxygen atoms in total. The first kappa shape index (κ1) is 23.7. The normalized spacial score (nSPS) is 11.4. The second-order valence-electron chi connectivity index (χ2n) is 6.96. The summed E-state index contributed by atoms with van der Waals surface area (Å²) < 4.78 is 0. The Morgan fingerprint density at radius 1 is 1.03 bits per heavy atom. The molecule has 1 atom stereocenters. The SMILES string of the molecule is CSCCC(NC(=O)c1ccc(N(C(=O)O)c2cncnc2)cc1-c1ccccc1)C(=O)O. The number of nitrogens with zero attached hydrogens (tertiary/aromatic N) is 3. The molecule has 1 heterocycles. The maximum Gasteiger partial charge on any atom is 0.416 e. The second-order valence-corrected chi connectivity index (χ2v) is 7.94. The molecule has 0 saturated heterocycles. The number of thioether (sulfide) groups is 1. The van der Waals surface area contributed by atoms with Gasteiger partial charge in [-0.05, 0) is 47.8 Å². The summed E-state index contributed by atoms with van der Waals surface area (Å²) >= 11 is 1.49. The molecule has 0 aliphatic carbocycles. The summed E-state index contributed by atoms with van der Waals surface area (Å²) in [5, 5.41) is 21.9. The van der Waals surface area contributed by atoms with E-state index in [1.54, 1.807) is 30.3 Å². The van der Waals surface area contributed by atoms with Crippen LogP contribution >= 0.6 is 11.8 Å². The molecule has 3 aromatic rings. The largest absolute Gasteiger partial charge is 0.480 e. The molecule has 2 amide bonds. The van der Waals surface area contributed by atoms with Crippen molar-refractivity contribution < 1.29 is 24.6 Å². The molecule has 0 saturated carbocycles. The standard InChI is InChI=1S/C23H22N4O5S/c1-33-10-9-20(22(29)30)26-21(28)18-8-7-16(11-19(18)15-5-3-2-4-6-15)27(23(31)32)17-12-24-14-25-13-17/h2-8,11-14,20H,9-10H2,1H3,(H,26,28)(H,29,30)(H,31,32). The number of aliphatic carboxylic acids is 1. The van der Waals surface area contributed by atoms with E-state index in [-0.39, 0.29) is 23.4 Å². The van der Waals surface area contributed by atoms with E-state index in [9.17, 15) is 24.6 Å². The summed E-state index contributed by atoms with van der Waals surface area (Å²) in [5.41, 5.74) is 1.89. The summed E-state index contributed by atoms with van der Waals surface area (Å²) in [6, 6.07) is 12.5. The van der Waals surface area contributed by atoms with Crippen molar-refractivity contribution in [3.05, 3.63) is 72.8 Å². The quantitative estimate of drug-likeness (QED) is 0.433. The summed E-state index contributed by atoms with van der Waals surface area (Å²) in [4.78, 5) is 45.4. The van der Waals surface area contributed by atoms with Crippen LogP contribution in [0.1, 0.15) is 16.8 Å². The van der Waals surface area contributed by atoms with Crippen LogP contribution in [0.25, 0.3) is 11.1 Å². The van der Waals surface area contributed by atoms with Gasteiger partial charge in [0.15, 0.2) is 0 Å². The van der Waals surface area contributed by atoms with Gasteiger partial charge in [0.1, 0.15) is 12.4 Å². The smallest absolute Gasteiger partial charge is 0.416 e. The second kappa shape index (κ2) is 11.1. The zero-order valence-corrected chi connectivity index (χ0v) is 18.5. The molecule has 0 aliphatic heterocycles. The van der Waals surface area contributed by atoms with Gasteiger partial charge in [0, 0.05) is 5.56 Å². The lowest BCUT2D eigenvalue weighted by Crippen LogP contribution is -2.41. The van der Waals surface area contributed by atoms with Crippen LogP contribution in [0.5, 0.6) is 0 Å². The fourth-order valence-corrected chi connectivity index (χ4v) is 3.70. The fourth-order valence-electron chi connectivity index (χ4n) is 3.23. The van der Waals surface area contributed by atoms with E-state index in [1.165, 1.54) is 42.6 Å². The van der Waals surface area contributed by atoms with Crippen molar-refractivity contribution in [2.45, 2.75) is 12.5 Å². The Bertz CT molecular complexity index is 1130. The van der Waals surface area contributed by atoms with Crippen LogP contribution in [-0.2, 0) is 4.79 Å². The molecule has 2 aromatic carbocycles. The molecule has 0 spiro atoms. The molecule has 170 valence electrons. The van der Waals surface area contributed by atoms with Gasteiger partial charge in [-0.15, -0.1) is 0 Å². The van der Waals surface area contributed by atoms with Crippen LogP contribution in [0.2, 0.25) is 0 Å². The molecule has 0 fully saturated rings. The Morgan fingerprint density at radius 2 is 1.73 bits per heavy atom. The van der Waals surface area contributed by atoms with E-state index >= 15 is 0 Å². The van der Waals surface area contributed by atoms with Crippen molar-refractivity contribution in [3.8, 4) is 11.1 Å². The Morgan fingerprint density at radius 3 is 2.33 bits per heavy atom. The maximum absolute atomic E-state index is 13.1. The van der Waals surface area contributed by atoms with Crippen LogP contribution in [0.4, 0.5) is 16.2 Å². The number of hydrogen-bond acceptors (Lipinski definition) is 6. The van der Waals surface area contributed by atoms with Crippen molar-refractivity contribution in [2.75, 3.05) is 16.9 Å². The highest BCUT2D eigenvalue weighted by Gasteiger charge is 2.24. The first-order valence-corrected chi connectivity index (χ1v) is 11.3. The molecule has 3 N–H and O–H groups in total. The number of amides is 2. The lowest BCUT2D eigenvalue weighted by Gasteiger charge is -2.21. The molecule has 1 unspecified atom stereocenters. The van der Waals surface area contributed by atoms with Gasteiger partial charge < -0.3 is 15.5 Å². The Hall–Kier alpha value is -3.92. The van der Waals surface area contributed by atoms with Crippen molar-refractivity contribution >= 4 is 41.1 Å². The lowest BCUT2D eigenvalue weighted by atomic mass is 9.97. The number of benzene rings is 2. The van der Waals surface area contributed by atoms with Crippen molar-refractivity contribution in [2.24, 2.45) is 0 Å². The monoisotopic (exact) mass is 466 g/mol. The highest BCUT2D eigenvalue weighted by molar-refractivity contribution is 7.98. The minimum absolute atomic E-state index is 0.231. The Labute approximate surface area is 194 Å². The van der Waals surface area contributed by atoms with Crippen LogP contribution in [0.15, 0.2) is 67.3 Å². The zero-order chi connectivity index (χ0) is 23.8. The third-order valence-electron chi connectivity index (χ3n) is 4.80. The van der Waals surface area contributed by atoms with E-state index in [4.69, 9.17) is 0 Å². The number of carbonyl (C=O) groups excluding carboxylic acids is 1. The van der Waals surface area contributed by atoms with Crippen molar-refractivity contribution in [1.29, 1.82) is 0 Å². The van der Waals surface area contributed by atoms with E-state index in [0.29, 0.717) is 16.9 Å². The molecule has 0 radical (unpaired) electrons. The van der Waals surface area contributed by atoms with Gasteiger partial charge in [-0.25, -0.2) is 24.5 Å². The molecule has 3 rings (SSSR count). The van der Waals surface area contributed by atoms with Gasteiger partial charge in [0.25, 0.3) is 5.91 Å². The minimum Gasteiger partial charge on any atom is -0.480 e. The highest BCUT2D eigenvalue weighted by atomic mass is 32.2. The van der Waals surface area contributed by atoms with E-state index < -0.39 is 24.0 Å². The summed E-state index contributed by atoms with van der Waals surface area (Å²) in [6.45, 7) is 0. The molecule has 10 heteroatoms. The van der Waals surface area contributed by atoms with Gasteiger partial charge in [-0.3, -0.25) is 4.79 Å². The summed E-state index contributed by atoms with van der Waals surface area (Å²) in [5.74, 6) is -1.09. The van der Waals surface area contributed by atoms with E-state index in [2.05, 4.69) is 15.3 Å². The summed E-state index contributed by atoms with van der Waals surface area (Å²) in [6.07, 6.45) is 4.92. The number of hydrogen-bond donors (Lipinski definition) is 3. The molecular weight excluding hydrogens is 444 g/mol. The predicted molar refractivity (Wildman–Crippen MR) is 126 cm³/mol. The average molecular weight is 467 g/mol. The number of carboxylic acids is 1. The molecule has 33 heavy (non-hydrogen) atoms. The van der Waals surface area contributed by atoms with Gasteiger partial charge >= 0.3 is 12.1 Å². The molecule has 1 aromatic heterocycles. The highest BCUT2D eigenvalue weighted by Crippen LogP contribution is 2.32. The first-order valence-electron chi connectivity index (χ1n) is 9.92. The van der Waals surface area contributed by atoms with Crippen molar-refractivity contribution in [3.63, 3.8) is 0 Å². The van der Waals surface area contributed by atoms with E-state index in [1.807, 2.05) is 12.3 Å². The number of anilines is 2. The van der Waals surface area contributed by atoms with Gasteiger partial charge in [-0.2, -0.15) is 11.8 Å². The van der Waals surface area contributed by atoms with Crippen LogP contribution in [0, 0.1) is 0 Å². The van der Waals surface area contributed by atoms with Gasteiger partial charge in [0.05, 0.1) is 23.8 Å². The van der Waals surface area contributed by atoms with Crippen LogP contribution in [0.3, 0.4) is 0 Å². The number of aromatic nitrogens is 2. The topological polar surface area (TPSA) is 133 Å². The zero-order valence-electron chi connectivity index (χ0n) is 17.7. The van der Waals surface area contributed by atoms with Crippen molar-refractivity contribution in [1.82, 2.24) is 15.3 Å². The van der Waals surface area contributed by atoms with Gasteiger partial charge in [-0.1, -0.05) is 30.3 Å². The summed E-state index contributed by atoms with van der Waals surface area (Å²) in [7, 11) is 0. The third-order valence-corrected chi connectivity index (χ3v) is 5.45. The molecule has 0 bridgehead atoms. The van der Waals surface area contributed by atoms with Crippen LogP contribution in [-0.4, -0.2) is 56.2 Å². The number of rotatable bonds is 9. The number of nitrogens with one attached hydrogen (secondary N) is 1. The molecule has 0 aliphatic rings. The van der Waals surface area contributed by atoms with Gasteiger partial charge in [0.2, 0.25) is 0 Å². The fraction of sp³-hybridized carbons (Fsp3) is 0.174.